The third-order valence-electron chi connectivity index (χ3n) is 4.29. The van der Waals surface area contributed by atoms with Crippen LogP contribution in [0, 0.1) is 0 Å². The molecular formula is C15H22N8O3. The van der Waals surface area contributed by atoms with Crippen LogP contribution in [0.25, 0.3) is 11.4 Å². The molecule has 1 aliphatic heterocycles. The standard InChI is InChI=1S/C15H22N8O3/c16-15(17)19-5-9-12(8-3-1-2-4-18-8)23(22-21-9)6-10-13(25)14(26)11(7-24)20-10/h1-4,10-11,13-14,20,24-26H,5-7H2,(H4,16,17,19)/t10-,11-,13-,14-/m1/s1. The van der Waals surface area contributed by atoms with Crippen molar-refractivity contribution in [1.29, 1.82) is 0 Å². The van der Waals surface area contributed by atoms with Crippen LogP contribution in [0.15, 0.2) is 29.4 Å². The Morgan fingerprint density at radius 3 is 2.62 bits per heavy atom. The third kappa shape index (κ3) is 3.65. The molecule has 26 heavy (non-hydrogen) atoms. The molecule has 11 nitrogen and oxygen atoms in total. The van der Waals surface area contributed by atoms with Crippen molar-refractivity contribution in [1.82, 2.24) is 25.3 Å². The summed E-state index contributed by atoms with van der Waals surface area (Å²) in [5, 5.41) is 40.7. The maximum absolute atomic E-state index is 10.2. The molecule has 11 heteroatoms. The van der Waals surface area contributed by atoms with E-state index >= 15 is 0 Å². The van der Waals surface area contributed by atoms with E-state index in [0.717, 1.165) is 0 Å². The molecule has 3 rings (SSSR count). The summed E-state index contributed by atoms with van der Waals surface area (Å²) in [6.45, 7) is 0.0706. The van der Waals surface area contributed by atoms with Crippen molar-refractivity contribution in [2.45, 2.75) is 37.4 Å². The Balaban J connectivity index is 1.91. The van der Waals surface area contributed by atoms with Crippen LogP contribution in [-0.4, -0.2) is 72.2 Å². The molecule has 0 bridgehead atoms. The van der Waals surface area contributed by atoms with Crippen molar-refractivity contribution in [2.75, 3.05) is 6.61 Å². The number of rotatable bonds is 6. The SMILES string of the molecule is NC(N)=NCc1nnn(C[C@H]2N[C@H](CO)[C@@H](O)[C@@H]2O)c1-c1ccccn1. The number of nitrogens with two attached hydrogens (primary N) is 2. The first-order chi connectivity index (χ1) is 12.5. The molecule has 1 aliphatic rings. The molecule has 0 amide bonds. The molecule has 0 aromatic carbocycles. The molecule has 3 heterocycles. The fourth-order valence-electron chi connectivity index (χ4n) is 2.99. The maximum atomic E-state index is 10.2. The predicted molar refractivity (Wildman–Crippen MR) is 92.6 cm³/mol. The van der Waals surface area contributed by atoms with Crippen molar-refractivity contribution in [2.24, 2.45) is 16.5 Å². The van der Waals surface area contributed by atoms with Gasteiger partial charge in [-0.25, -0.2) is 9.67 Å². The van der Waals surface area contributed by atoms with Gasteiger partial charge < -0.3 is 32.1 Å². The molecule has 1 saturated heterocycles. The fraction of sp³-hybridized carbons (Fsp3) is 0.467. The van der Waals surface area contributed by atoms with Crippen LogP contribution in [-0.2, 0) is 13.1 Å². The van der Waals surface area contributed by atoms with Crippen LogP contribution in [0.3, 0.4) is 0 Å². The number of aliphatic hydroxyl groups is 3. The van der Waals surface area contributed by atoms with E-state index in [0.29, 0.717) is 17.1 Å². The Morgan fingerprint density at radius 1 is 1.23 bits per heavy atom. The number of nitrogens with one attached hydrogen (secondary N) is 1. The van der Waals surface area contributed by atoms with Gasteiger partial charge in [-0.15, -0.1) is 5.10 Å². The summed E-state index contributed by atoms with van der Waals surface area (Å²) >= 11 is 0. The van der Waals surface area contributed by atoms with Crippen LogP contribution < -0.4 is 16.8 Å². The van der Waals surface area contributed by atoms with Crippen molar-refractivity contribution in [3.63, 3.8) is 0 Å². The number of hydrogen-bond donors (Lipinski definition) is 6. The largest absolute Gasteiger partial charge is 0.395 e. The van der Waals surface area contributed by atoms with Gasteiger partial charge in [-0.3, -0.25) is 4.98 Å². The Bertz CT molecular complexity index is 762. The van der Waals surface area contributed by atoms with Crippen LogP contribution >= 0.6 is 0 Å². The first kappa shape index (κ1) is 18.2. The number of hydrogen-bond acceptors (Lipinski definition) is 8. The van der Waals surface area contributed by atoms with Crippen molar-refractivity contribution < 1.29 is 15.3 Å². The van der Waals surface area contributed by atoms with Crippen LogP contribution in [0.1, 0.15) is 5.69 Å². The average molecular weight is 362 g/mol. The smallest absolute Gasteiger partial charge is 0.186 e. The molecule has 140 valence electrons. The molecule has 0 radical (unpaired) electrons. The Labute approximate surface area is 149 Å². The third-order valence-corrected chi connectivity index (χ3v) is 4.29. The Hall–Kier alpha value is -2.60. The van der Waals surface area contributed by atoms with E-state index in [-0.39, 0.29) is 25.7 Å². The molecule has 0 unspecified atom stereocenters. The van der Waals surface area contributed by atoms with Crippen molar-refractivity contribution in [3.05, 3.63) is 30.1 Å². The molecule has 2 aromatic heterocycles. The van der Waals surface area contributed by atoms with Gasteiger partial charge in [0, 0.05) is 6.20 Å². The van der Waals surface area contributed by atoms with E-state index in [2.05, 4.69) is 25.6 Å². The maximum Gasteiger partial charge on any atom is 0.186 e. The molecule has 0 spiro atoms. The zero-order chi connectivity index (χ0) is 18.7. The minimum absolute atomic E-state index is 0.0617. The minimum atomic E-state index is -1.06. The van der Waals surface area contributed by atoms with E-state index < -0.39 is 24.3 Å². The van der Waals surface area contributed by atoms with E-state index in [1.54, 1.807) is 23.0 Å². The Kier molecular flexibility index (Phi) is 5.42. The van der Waals surface area contributed by atoms with Gasteiger partial charge >= 0.3 is 0 Å². The topological polar surface area (TPSA) is 181 Å². The Morgan fingerprint density at radius 2 is 2.00 bits per heavy atom. The monoisotopic (exact) mass is 362 g/mol. The highest BCUT2D eigenvalue weighted by atomic mass is 16.3. The molecule has 0 aliphatic carbocycles. The second-order valence-electron chi connectivity index (χ2n) is 6.07. The van der Waals surface area contributed by atoms with Crippen LogP contribution in [0.4, 0.5) is 0 Å². The molecular weight excluding hydrogens is 340 g/mol. The first-order valence-electron chi connectivity index (χ1n) is 8.13. The van der Waals surface area contributed by atoms with Crippen LogP contribution in [0.2, 0.25) is 0 Å². The minimum Gasteiger partial charge on any atom is -0.395 e. The summed E-state index contributed by atoms with van der Waals surface area (Å²) in [5.41, 5.74) is 12.6. The highest BCUT2D eigenvalue weighted by molar-refractivity contribution is 5.75. The molecule has 4 atom stereocenters. The van der Waals surface area contributed by atoms with Crippen molar-refractivity contribution in [3.8, 4) is 11.4 Å². The predicted octanol–water partition coefficient (Wildman–Crippen LogP) is -2.83. The summed E-state index contributed by atoms with van der Waals surface area (Å²) in [6.07, 6.45) is -0.465. The lowest BCUT2D eigenvalue weighted by Crippen LogP contribution is -2.38. The van der Waals surface area contributed by atoms with Gasteiger partial charge in [0.1, 0.15) is 11.4 Å². The first-order valence-corrected chi connectivity index (χ1v) is 8.13. The summed E-state index contributed by atoms with van der Waals surface area (Å²) in [6, 6.07) is 4.31. The number of pyridine rings is 1. The molecule has 1 fully saturated rings. The molecule has 2 aromatic rings. The molecule has 0 saturated carbocycles. The van der Waals surface area contributed by atoms with Gasteiger partial charge in [0.15, 0.2) is 5.96 Å². The summed E-state index contributed by atoms with van der Waals surface area (Å²) < 4.78 is 1.58. The summed E-state index contributed by atoms with van der Waals surface area (Å²) in [4.78, 5) is 8.29. The van der Waals surface area contributed by atoms with Gasteiger partial charge in [-0.2, -0.15) is 0 Å². The van der Waals surface area contributed by atoms with Crippen molar-refractivity contribution >= 4 is 5.96 Å². The second-order valence-corrected chi connectivity index (χ2v) is 6.07. The highest BCUT2D eigenvalue weighted by Gasteiger charge is 2.41. The second kappa shape index (κ2) is 7.74. The quantitative estimate of drug-likeness (QED) is 0.233. The zero-order valence-corrected chi connectivity index (χ0v) is 14.0. The van der Waals surface area contributed by atoms with E-state index in [4.69, 9.17) is 11.5 Å². The van der Waals surface area contributed by atoms with Crippen LogP contribution in [0.5, 0.6) is 0 Å². The fourth-order valence-corrected chi connectivity index (χ4v) is 2.99. The molecule has 8 N–H and O–H groups in total. The van der Waals surface area contributed by atoms with E-state index in [1.165, 1.54) is 0 Å². The lowest BCUT2D eigenvalue weighted by atomic mass is 10.1. The number of aliphatic imine (C=N–C) groups is 1. The van der Waals surface area contributed by atoms with Gasteiger partial charge in [0.25, 0.3) is 0 Å². The summed E-state index contributed by atoms with van der Waals surface area (Å²) in [5.74, 6) is -0.0617. The van der Waals surface area contributed by atoms with E-state index in [1.807, 2.05) is 6.07 Å². The number of guanidine groups is 1. The summed E-state index contributed by atoms with van der Waals surface area (Å²) in [7, 11) is 0. The highest BCUT2D eigenvalue weighted by Crippen LogP contribution is 2.23. The van der Waals surface area contributed by atoms with Gasteiger partial charge in [0.2, 0.25) is 0 Å². The lowest BCUT2D eigenvalue weighted by Gasteiger charge is -2.17. The number of aliphatic hydroxyl groups excluding tert-OH is 3. The number of nitrogens with zero attached hydrogens (tertiary/aromatic N) is 5. The zero-order valence-electron chi connectivity index (χ0n) is 14.0. The normalized spacial score (nSPS) is 25.3. The average Bonchev–Trinajstić information content (AvgIpc) is 3.16. The van der Waals surface area contributed by atoms with Gasteiger partial charge in [-0.05, 0) is 12.1 Å². The lowest BCUT2D eigenvalue weighted by molar-refractivity contribution is 0.0176. The van der Waals surface area contributed by atoms with Gasteiger partial charge in [0.05, 0.1) is 49.7 Å². The van der Waals surface area contributed by atoms with Gasteiger partial charge in [-0.1, -0.05) is 11.3 Å². The van der Waals surface area contributed by atoms with E-state index in [9.17, 15) is 15.3 Å². The number of aromatic nitrogens is 4.